The molecule has 0 spiro atoms. The highest BCUT2D eigenvalue weighted by Gasteiger charge is 2.28. The average Bonchev–Trinajstić information content (AvgIpc) is 2.45. The summed E-state index contributed by atoms with van der Waals surface area (Å²) < 4.78 is 0. The number of carboxylic acids is 1. The third kappa shape index (κ3) is 3.31. The highest BCUT2D eigenvalue weighted by atomic mass is 16.4. The minimum absolute atomic E-state index is 0.251. The third-order valence-corrected chi connectivity index (χ3v) is 3.42. The fraction of sp³-hybridized carbons (Fsp3) is 0.429. The van der Waals surface area contributed by atoms with E-state index in [0.29, 0.717) is 19.6 Å². The molecule has 1 aromatic carbocycles. The van der Waals surface area contributed by atoms with Gasteiger partial charge in [0.15, 0.2) is 0 Å². The molecule has 1 aromatic rings. The van der Waals surface area contributed by atoms with Gasteiger partial charge in [-0.25, -0.2) is 0 Å². The number of nitrogens with zero attached hydrogens (tertiary/aromatic N) is 2. The quantitative estimate of drug-likeness (QED) is 0.830. The van der Waals surface area contributed by atoms with E-state index in [9.17, 15) is 9.90 Å². The van der Waals surface area contributed by atoms with Crippen LogP contribution in [0.3, 0.4) is 0 Å². The van der Waals surface area contributed by atoms with Gasteiger partial charge in [0.2, 0.25) is 0 Å². The van der Waals surface area contributed by atoms with Gasteiger partial charge in [0.1, 0.15) is 6.04 Å². The predicted molar refractivity (Wildman–Crippen MR) is 70.7 cm³/mol. The number of piperazine rings is 1. The maximum atomic E-state index is 11.4. The second-order valence-electron chi connectivity index (χ2n) is 4.65. The summed E-state index contributed by atoms with van der Waals surface area (Å²) in [6.07, 6.45) is 0. The van der Waals surface area contributed by atoms with E-state index in [1.807, 2.05) is 35.2 Å². The number of rotatable bonds is 4. The Morgan fingerprint density at radius 2 is 2.26 bits per heavy atom. The van der Waals surface area contributed by atoms with Crippen LogP contribution >= 0.6 is 0 Å². The second-order valence-corrected chi connectivity index (χ2v) is 4.65. The van der Waals surface area contributed by atoms with Gasteiger partial charge in [-0.15, -0.1) is 0 Å². The lowest BCUT2D eigenvalue weighted by molar-refractivity contribution is -0.139. The van der Waals surface area contributed by atoms with Crippen molar-refractivity contribution in [1.29, 1.82) is 5.26 Å². The molecule has 0 bridgehead atoms. The Bertz CT molecular complexity index is 469. The molecule has 2 unspecified atom stereocenters. The van der Waals surface area contributed by atoms with Gasteiger partial charge in [-0.3, -0.25) is 9.69 Å². The molecule has 1 aliphatic heterocycles. The van der Waals surface area contributed by atoms with E-state index in [2.05, 4.69) is 11.4 Å². The van der Waals surface area contributed by atoms with Crippen molar-refractivity contribution < 1.29 is 9.90 Å². The molecule has 0 aromatic heterocycles. The van der Waals surface area contributed by atoms with E-state index in [0.717, 1.165) is 12.1 Å². The number of nitriles is 1. The van der Waals surface area contributed by atoms with Gasteiger partial charge < -0.3 is 10.4 Å². The van der Waals surface area contributed by atoms with Crippen molar-refractivity contribution in [3.05, 3.63) is 35.9 Å². The zero-order valence-electron chi connectivity index (χ0n) is 10.6. The van der Waals surface area contributed by atoms with Gasteiger partial charge in [0, 0.05) is 26.2 Å². The molecule has 2 atom stereocenters. The SMILES string of the molecule is N#CC1CNCCN1CC(C(=O)O)c1ccccc1. The topological polar surface area (TPSA) is 76.4 Å². The van der Waals surface area contributed by atoms with Crippen LogP contribution in [0.2, 0.25) is 0 Å². The number of carboxylic acid groups (broad SMARTS) is 1. The van der Waals surface area contributed by atoms with Crippen LogP contribution in [0, 0.1) is 11.3 Å². The van der Waals surface area contributed by atoms with Crippen LogP contribution in [0.15, 0.2) is 30.3 Å². The molecule has 2 N–H and O–H groups in total. The summed E-state index contributed by atoms with van der Waals surface area (Å²) in [6, 6.07) is 11.2. The maximum absolute atomic E-state index is 11.4. The zero-order chi connectivity index (χ0) is 13.7. The molecule has 0 saturated carbocycles. The Morgan fingerprint density at radius 3 is 2.89 bits per heavy atom. The van der Waals surface area contributed by atoms with Crippen molar-refractivity contribution in [3.8, 4) is 6.07 Å². The van der Waals surface area contributed by atoms with E-state index in [1.54, 1.807) is 0 Å². The summed E-state index contributed by atoms with van der Waals surface area (Å²) in [5.74, 6) is -1.43. The highest BCUT2D eigenvalue weighted by molar-refractivity contribution is 5.76. The smallest absolute Gasteiger partial charge is 0.312 e. The molecule has 0 radical (unpaired) electrons. The van der Waals surface area contributed by atoms with Gasteiger partial charge in [-0.05, 0) is 5.56 Å². The monoisotopic (exact) mass is 259 g/mol. The number of hydrogen-bond donors (Lipinski definition) is 2. The van der Waals surface area contributed by atoms with Crippen molar-refractivity contribution in [2.24, 2.45) is 0 Å². The van der Waals surface area contributed by atoms with Gasteiger partial charge in [-0.1, -0.05) is 30.3 Å². The van der Waals surface area contributed by atoms with Crippen LogP contribution in [-0.2, 0) is 4.79 Å². The fourth-order valence-electron chi connectivity index (χ4n) is 2.34. The average molecular weight is 259 g/mol. The Hall–Kier alpha value is -1.90. The Morgan fingerprint density at radius 1 is 1.53 bits per heavy atom. The van der Waals surface area contributed by atoms with E-state index >= 15 is 0 Å². The minimum Gasteiger partial charge on any atom is -0.481 e. The lowest BCUT2D eigenvalue weighted by Crippen LogP contribution is -2.52. The molecular weight excluding hydrogens is 242 g/mol. The van der Waals surface area contributed by atoms with Crippen LogP contribution in [-0.4, -0.2) is 48.2 Å². The minimum atomic E-state index is -0.846. The first-order chi connectivity index (χ1) is 9.22. The first-order valence-corrected chi connectivity index (χ1v) is 6.34. The summed E-state index contributed by atoms with van der Waals surface area (Å²) in [5, 5.41) is 21.6. The summed E-state index contributed by atoms with van der Waals surface area (Å²) in [7, 11) is 0. The first-order valence-electron chi connectivity index (χ1n) is 6.34. The van der Waals surface area contributed by atoms with Crippen molar-refractivity contribution >= 4 is 5.97 Å². The molecule has 2 rings (SSSR count). The Kier molecular flexibility index (Phi) is 4.50. The molecule has 5 heteroatoms. The van der Waals surface area contributed by atoms with Crippen molar-refractivity contribution in [3.63, 3.8) is 0 Å². The largest absolute Gasteiger partial charge is 0.481 e. The number of hydrogen-bond acceptors (Lipinski definition) is 4. The molecule has 19 heavy (non-hydrogen) atoms. The van der Waals surface area contributed by atoms with Crippen LogP contribution in [0.1, 0.15) is 11.5 Å². The summed E-state index contributed by atoms with van der Waals surface area (Å²) in [6.45, 7) is 2.46. The number of carbonyl (C=O) groups is 1. The van der Waals surface area contributed by atoms with Gasteiger partial charge in [-0.2, -0.15) is 5.26 Å². The standard InChI is InChI=1S/C14H17N3O2/c15-8-12-9-16-6-7-17(12)10-13(14(18)19)11-4-2-1-3-5-11/h1-5,12-13,16H,6-7,9-10H2,(H,18,19). The van der Waals surface area contributed by atoms with Crippen LogP contribution in [0.4, 0.5) is 0 Å². The van der Waals surface area contributed by atoms with Gasteiger partial charge in [0.25, 0.3) is 0 Å². The second kappa shape index (κ2) is 6.32. The predicted octanol–water partition coefficient (Wildman–Crippen LogP) is 0.652. The first kappa shape index (κ1) is 13.5. The van der Waals surface area contributed by atoms with E-state index in [1.165, 1.54) is 0 Å². The van der Waals surface area contributed by atoms with Crippen LogP contribution in [0.25, 0.3) is 0 Å². The number of aliphatic carboxylic acids is 1. The van der Waals surface area contributed by atoms with Crippen LogP contribution < -0.4 is 5.32 Å². The normalized spacial score (nSPS) is 21.5. The molecular formula is C14H17N3O2. The molecule has 1 saturated heterocycles. The zero-order valence-corrected chi connectivity index (χ0v) is 10.6. The van der Waals surface area contributed by atoms with Crippen molar-refractivity contribution in [1.82, 2.24) is 10.2 Å². The Balaban J connectivity index is 2.13. The molecule has 1 fully saturated rings. The summed E-state index contributed by atoms with van der Waals surface area (Å²) in [5.41, 5.74) is 0.783. The van der Waals surface area contributed by atoms with E-state index in [-0.39, 0.29) is 6.04 Å². The fourth-order valence-corrected chi connectivity index (χ4v) is 2.34. The lowest BCUT2D eigenvalue weighted by atomic mass is 9.97. The molecule has 0 amide bonds. The van der Waals surface area contributed by atoms with Gasteiger partial charge in [0.05, 0.1) is 12.0 Å². The third-order valence-electron chi connectivity index (χ3n) is 3.42. The van der Waals surface area contributed by atoms with Gasteiger partial charge >= 0.3 is 5.97 Å². The highest BCUT2D eigenvalue weighted by Crippen LogP contribution is 2.19. The summed E-state index contributed by atoms with van der Waals surface area (Å²) in [4.78, 5) is 13.4. The lowest BCUT2D eigenvalue weighted by Gasteiger charge is -2.33. The van der Waals surface area contributed by atoms with Crippen molar-refractivity contribution in [2.45, 2.75) is 12.0 Å². The number of nitrogens with one attached hydrogen (secondary N) is 1. The van der Waals surface area contributed by atoms with Crippen molar-refractivity contribution in [2.75, 3.05) is 26.2 Å². The molecule has 1 heterocycles. The van der Waals surface area contributed by atoms with E-state index in [4.69, 9.17) is 5.26 Å². The van der Waals surface area contributed by atoms with Crippen LogP contribution in [0.5, 0.6) is 0 Å². The van der Waals surface area contributed by atoms with E-state index < -0.39 is 11.9 Å². The number of benzene rings is 1. The molecule has 5 nitrogen and oxygen atoms in total. The molecule has 100 valence electrons. The Labute approximate surface area is 112 Å². The molecule has 1 aliphatic rings. The summed E-state index contributed by atoms with van der Waals surface area (Å²) >= 11 is 0. The molecule has 0 aliphatic carbocycles. The maximum Gasteiger partial charge on any atom is 0.312 e.